The summed E-state index contributed by atoms with van der Waals surface area (Å²) in [7, 11) is 1.55. The minimum Gasteiger partial charge on any atom is -0.490 e. The van der Waals surface area contributed by atoms with Crippen molar-refractivity contribution in [1.82, 2.24) is 10.3 Å². The Kier molecular flexibility index (Phi) is 7.08. The van der Waals surface area contributed by atoms with Crippen LogP contribution < -0.4 is 19.5 Å². The Morgan fingerprint density at radius 1 is 1.00 bits per heavy atom. The van der Waals surface area contributed by atoms with Gasteiger partial charge in [0, 0.05) is 25.4 Å². The van der Waals surface area contributed by atoms with Crippen molar-refractivity contribution >= 4 is 0 Å². The molecule has 1 N–H and O–H groups in total. The van der Waals surface area contributed by atoms with Crippen LogP contribution in [0.2, 0.25) is 0 Å². The van der Waals surface area contributed by atoms with Gasteiger partial charge in [-0.25, -0.2) is 4.98 Å². The molecule has 0 saturated heterocycles. The average molecular weight is 370 g/mol. The quantitative estimate of drug-likeness (QED) is 0.729. The predicted octanol–water partition coefficient (Wildman–Crippen LogP) is 3.72. The van der Waals surface area contributed by atoms with Gasteiger partial charge in [0.2, 0.25) is 5.88 Å². The molecule has 1 aromatic carbocycles. The topological polar surface area (TPSA) is 52.6 Å². The summed E-state index contributed by atoms with van der Waals surface area (Å²) in [5, 5.41) is 3.25. The SMILES string of the molecule is CCOc1cc(CNCc2ccnc(OC)c2)ccc1OCC(F)(F)F. The summed E-state index contributed by atoms with van der Waals surface area (Å²) in [6.45, 7) is 1.85. The van der Waals surface area contributed by atoms with E-state index in [4.69, 9.17) is 14.2 Å². The summed E-state index contributed by atoms with van der Waals surface area (Å²) in [6.07, 6.45) is -2.73. The maximum atomic E-state index is 12.3. The van der Waals surface area contributed by atoms with Gasteiger partial charge in [0.25, 0.3) is 0 Å². The average Bonchev–Trinajstić information content (AvgIpc) is 2.61. The molecule has 0 aliphatic rings. The predicted molar refractivity (Wildman–Crippen MR) is 90.5 cm³/mol. The molecule has 2 aromatic rings. The maximum absolute atomic E-state index is 12.3. The second-order valence-electron chi connectivity index (χ2n) is 5.43. The van der Waals surface area contributed by atoms with Crippen LogP contribution in [0.3, 0.4) is 0 Å². The highest BCUT2D eigenvalue weighted by Crippen LogP contribution is 2.30. The van der Waals surface area contributed by atoms with Crippen LogP contribution in [0.15, 0.2) is 36.5 Å². The summed E-state index contributed by atoms with van der Waals surface area (Å²) >= 11 is 0. The number of nitrogens with one attached hydrogen (secondary N) is 1. The van der Waals surface area contributed by atoms with Crippen molar-refractivity contribution in [2.75, 3.05) is 20.3 Å². The van der Waals surface area contributed by atoms with Gasteiger partial charge in [-0.1, -0.05) is 6.07 Å². The fourth-order valence-electron chi connectivity index (χ4n) is 2.23. The van der Waals surface area contributed by atoms with E-state index in [9.17, 15) is 13.2 Å². The fraction of sp³-hybridized carbons (Fsp3) is 0.389. The van der Waals surface area contributed by atoms with Crippen LogP contribution in [0.25, 0.3) is 0 Å². The molecule has 8 heteroatoms. The third-order valence-corrected chi connectivity index (χ3v) is 3.37. The first-order valence-corrected chi connectivity index (χ1v) is 8.06. The molecule has 1 heterocycles. The highest BCUT2D eigenvalue weighted by atomic mass is 19.4. The van der Waals surface area contributed by atoms with E-state index >= 15 is 0 Å². The number of hydrogen-bond acceptors (Lipinski definition) is 5. The molecule has 0 aliphatic heterocycles. The van der Waals surface area contributed by atoms with Crippen molar-refractivity contribution in [2.24, 2.45) is 0 Å². The Balaban J connectivity index is 1.97. The van der Waals surface area contributed by atoms with Gasteiger partial charge in [0.1, 0.15) is 0 Å². The van der Waals surface area contributed by atoms with Crippen molar-refractivity contribution in [3.63, 3.8) is 0 Å². The summed E-state index contributed by atoms with van der Waals surface area (Å²) in [5.74, 6) is 0.905. The van der Waals surface area contributed by atoms with E-state index in [1.165, 1.54) is 6.07 Å². The molecule has 0 amide bonds. The second-order valence-corrected chi connectivity index (χ2v) is 5.43. The molecule has 0 bridgehead atoms. The van der Waals surface area contributed by atoms with E-state index in [0.717, 1.165) is 11.1 Å². The van der Waals surface area contributed by atoms with E-state index in [1.807, 2.05) is 12.1 Å². The van der Waals surface area contributed by atoms with E-state index in [2.05, 4.69) is 10.3 Å². The van der Waals surface area contributed by atoms with Crippen LogP contribution in [0.1, 0.15) is 18.1 Å². The molecule has 5 nitrogen and oxygen atoms in total. The zero-order valence-electron chi connectivity index (χ0n) is 14.6. The number of hydrogen-bond donors (Lipinski definition) is 1. The van der Waals surface area contributed by atoms with Crippen LogP contribution in [-0.2, 0) is 13.1 Å². The number of rotatable bonds is 9. The molecule has 142 valence electrons. The molecule has 0 saturated carbocycles. The lowest BCUT2D eigenvalue weighted by Crippen LogP contribution is -2.19. The number of benzene rings is 1. The summed E-state index contributed by atoms with van der Waals surface area (Å²) < 4.78 is 52.3. The zero-order chi connectivity index (χ0) is 19.0. The van der Waals surface area contributed by atoms with Crippen LogP contribution in [0.5, 0.6) is 17.4 Å². The minimum atomic E-state index is -4.39. The van der Waals surface area contributed by atoms with Gasteiger partial charge in [-0.05, 0) is 36.2 Å². The van der Waals surface area contributed by atoms with Gasteiger partial charge in [-0.2, -0.15) is 13.2 Å². The minimum absolute atomic E-state index is 0.0757. The summed E-state index contributed by atoms with van der Waals surface area (Å²) in [6, 6.07) is 8.56. The number of pyridine rings is 1. The molecule has 0 aliphatic carbocycles. The maximum Gasteiger partial charge on any atom is 0.422 e. The lowest BCUT2D eigenvalue weighted by molar-refractivity contribution is -0.153. The summed E-state index contributed by atoms with van der Waals surface area (Å²) in [5.41, 5.74) is 1.88. The Hall–Kier alpha value is -2.48. The molecule has 26 heavy (non-hydrogen) atoms. The Morgan fingerprint density at radius 3 is 2.38 bits per heavy atom. The largest absolute Gasteiger partial charge is 0.490 e. The van der Waals surface area contributed by atoms with Crippen molar-refractivity contribution < 1.29 is 27.4 Å². The monoisotopic (exact) mass is 370 g/mol. The van der Waals surface area contributed by atoms with Gasteiger partial charge < -0.3 is 19.5 Å². The Morgan fingerprint density at radius 2 is 1.73 bits per heavy atom. The van der Waals surface area contributed by atoms with Crippen molar-refractivity contribution in [2.45, 2.75) is 26.2 Å². The Bertz CT molecular complexity index is 708. The van der Waals surface area contributed by atoms with E-state index in [1.54, 1.807) is 32.4 Å². The fourth-order valence-corrected chi connectivity index (χ4v) is 2.23. The lowest BCUT2D eigenvalue weighted by atomic mass is 10.2. The van der Waals surface area contributed by atoms with Crippen molar-refractivity contribution in [3.05, 3.63) is 47.7 Å². The molecule has 0 atom stereocenters. The highest BCUT2D eigenvalue weighted by Gasteiger charge is 2.29. The standard InChI is InChI=1S/C18H21F3N2O3/c1-3-25-16-8-13(4-5-15(16)26-12-18(19,20)21)10-22-11-14-6-7-23-17(9-14)24-2/h4-9,22H,3,10-12H2,1-2H3. The van der Waals surface area contributed by atoms with Gasteiger partial charge in [-0.3, -0.25) is 0 Å². The number of methoxy groups -OCH3 is 1. The van der Waals surface area contributed by atoms with Crippen LogP contribution >= 0.6 is 0 Å². The first-order chi connectivity index (χ1) is 12.4. The second kappa shape index (κ2) is 9.28. The molecular weight excluding hydrogens is 349 g/mol. The molecule has 0 fully saturated rings. The number of halogens is 3. The van der Waals surface area contributed by atoms with Crippen molar-refractivity contribution in [1.29, 1.82) is 0 Å². The molecular formula is C18H21F3N2O3. The molecule has 2 rings (SSSR count). The number of alkyl halides is 3. The van der Waals surface area contributed by atoms with Gasteiger partial charge in [0.05, 0.1) is 13.7 Å². The normalized spacial score (nSPS) is 11.3. The number of ether oxygens (including phenoxy) is 3. The molecule has 0 unspecified atom stereocenters. The van der Waals surface area contributed by atoms with E-state index < -0.39 is 12.8 Å². The molecule has 1 aromatic heterocycles. The van der Waals surface area contributed by atoms with Gasteiger partial charge in [-0.15, -0.1) is 0 Å². The molecule has 0 radical (unpaired) electrons. The first-order valence-electron chi connectivity index (χ1n) is 8.06. The van der Waals surface area contributed by atoms with Gasteiger partial charge in [0.15, 0.2) is 18.1 Å². The Labute approximate surface area is 150 Å². The van der Waals surface area contributed by atoms with E-state index in [-0.39, 0.29) is 5.75 Å². The third kappa shape index (κ3) is 6.44. The van der Waals surface area contributed by atoms with Crippen LogP contribution in [0.4, 0.5) is 13.2 Å². The summed E-state index contributed by atoms with van der Waals surface area (Å²) in [4.78, 5) is 4.04. The smallest absolute Gasteiger partial charge is 0.422 e. The third-order valence-electron chi connectivity index (χ3n) is 3.37. The number of aromatic nitrogens is 1. The zero-order valence-corrected chi connectivity index (χ0v) is 14.6. The first kappa shape index (κ1) is 19.8. The van der Waals surface area contributed by atoms with E-state index in [0.29, 0.717) is 31.3 Å². The van der Waals surface area contributed by atoms with Crippen molar-refractivity contribution in [3.8, 4) is 17.4 Å². The highest BCUT2D eigenvalue weighted by molar-refractivity contribution is 5.43. The van der Waals surface area contributed by atoms with Crippen LogP contribution in [0, 0.1) is 0 Å². The number of nitrogens with zero attached hydrogens (tertiary/aromatic N) is 1. The van der Waals surface area contributed by atoms with Gasteiger partial charge >= 0.3 is 6.18 Å². The molecule has 0 spiro atoms. The lowest BCUT2D eigenvalue weighted by Gasteiger charge is -2.15. The van der Waals surface area contributed by atoms with Crippen LogP contribution in [-0.4, -0.2) is 31.5 Å².